The van der Waals surface area contributed by atoms with Gasteiger partial charge in [-0.2, -0.15) is 0 Å². The van der Waals surface area contributed by atoms with Crippen LogP contribution < -0.4 is 5.32 Å². The van der Waals surface area contributed by atoms with Crippen molar-refractivity contribution in [2.75, 3.05) is 0 Å². The Hall–Kier alpha value is -1.19. The summed E-state index contributed by atoms with van der Waals surface area (Å²) in [6.07, 6.45) is 2.36. The lowest BCUT2D eigenvalue weighted by atomic mass is 9.98. The molecule has 3 heteroatoms. The summed E-state index contributed by atoms with van der Waals surface area (Å²) in [7, 11) is 0. The van der Waals surface area contributed by atoms with Crippen molar-refractivity contribution < 1.29 is 0 Å². The maximum absolute atomic E-state index is 4.63. The van der Waals surface area contributed by atoms with Crippen molar-refractivity contribution in [2.24, 2.45) is 0 Å². The Morgan fingerprint density at radius 2 is 2.05 bits per heavy atom. The molecule has 21 heavy (non-hydrogen) atoms. The molecule has 0 aliphatic rings. The molecule has 0 aromatic carbocycles. The largest absolute Gasteiger partial charge is 0.303 e. The number of aryl methyl sites for hydroxylation is 3. The molecule has 0 aliphatic heterocycles. The predicted octanol–water partition coefficient (Wildman–Crippen LogP) is 5.26. The normalized spacial score (nSPS) is 14.1. The summed E-state index contributed by atoms with van der Waals surface area (Å²) in [5.74, 6) is 0. The summed E-state index contributed by atoms with van der Waals surface area (Å²) in [5.41, 5.74) is 4.93. The second kappa shape index (κ2) is 7.19. The molecular weight excluding hydrogens is 276 g/mol. The van der Waals surface area contributed by atoms with Gasteiger partial charge in [-0.05, 0) is 62.8 Å². The highest BCUT2D eigenvalue weighted by Crippen LogP contribution is 2.28. The first kappa shape index (κ1) is 16.2. The molecule has 2 unspecified atom stereocenters. The van der Waals surface area contributed by atoms with Crippen molar-refractivity contribution in [1.82, 2.24) is 10.3 Å². The van der Waals surface area contributed by atoms with E-state index in [1.807, 2.05) is 11.3 Å². The molecule has 0 saturated carbocycles. The van der Waals surface area contributed by atoms with Gasteiger partial charge in [0, 0.05) is 28.3 Å². The quantitative estimate of drug-likeness (QED) is 0.787. The van der Waals surface area contributed by atoms with E-state index in [1.165, 1.54) is 28.8 Å². The summed E-state index contributed by atoms with van der Waals surface area (Å²) < 4.78 is 0. The number of nitrogens with one attached hydrogen (secondary N) is 1. The monoisotopic (exact) mass is 302 g/mol. The van der Waals surface area contributed by atoms with Crippen LogP contribution in [0.3, 0.4) is 0 Å². The zero-order chi connectivity index (χ0) is 15.4. The molecule has 0 spiro atoms. The standard InChI is InChI=1S/C18H26N2S/c1-6-8-16(17-9-7-10-21-17)20-15(5)18-12(2)11-13(3)19-14(18)4/h7,9-11,15-16,20H,6,8H2,1-5H3. The van der Waals surface area contributed by atoms with Gasteiger partial charge in [0.05, 0.1) is 0 Å². The van der Waals surface area contributed by atoms with Crippen molar-refractivity contribution in [3.8, 4) is 0 Å². The summed E-state index contributed by atoms with van der Waals surface area (Å²) in [6, 6.07) is 7.30. The van der Waals surface area contributed by atoms with Crippen molar-refractivity contribution in [2.45, 2.75) is 59.5 Å². The van der Waals surface area contributed by atoms with Crippen LogP contribution in [0.2, 0.25) is 0 Å². The van der Waals surface area contributed by atoms with Crippen molar-refractivity contribution in [3.05, 3.63) is 51.0 Å². The molecule has 2 aromatic rings. The lowest BCUT2D eigenvalue weighted by molar-refractivity contribution is 0.442. The van der Waals surface area contributed by atoms with Crippen molar-refractivity contribution in [3.63, 3.8) is 0 Å². The molecule has 0 fully saturated rings. The minimum Gasteiger partial charge on any atom is -0.303 e. The molecule has 0 radical (unpaired) electrons. The third-order valence-electron chi connectivity index (χ3n) is 3.93. The van der Waals surface area contributed by atoms with E-state index in [4.69, 9.17) is 0 Å². The average Bonchev–Trinajstić information content (AvgIpc) is 2.90. The van der Waals surface area contributed by atoms with E-state index in [0.29, 0.717) is 12.1 Å². The highest BCUT2D eigenvalue weighted by molar-refractivity contribution is 7.10. The Balaban J connectivity index is 2.21. The van der Waals surface area contributed by atoms with Crippen LogP contribution >= 0.6 is 11.3 Å². The van der Waals surface area contributed by atoms with Crippen LogP contribution in [0, 0.1) is 20.8 Å². The average molecular weight is 302 g/mol. The number of thiophene rings is 1. The molecule has 2 atom stereocenters. The molecule has 2 rings (SSSR count). The summed E-state index contributed by atoms with van der Waals surface area (Å²) >= 11 is 1.84. The number of hydrogen-bond acceptors (Lipinski definition) is 3. The first-order chi connectivity index (χ1) is 10.0. The molecule has 0 amide bonds. The lowest BCUT2D eigenvalue weighted by Gasteiger charge is -2.25. The van der Waals surface area contributed by atoms with Gasteiger partial charge in [0.1, 0.15) is 0 Å². The van der Waals surface area contributed by atoms with Gasteiger partial charge in [-0.25, -0.2) is 0 Å². The summed E-state index contributed by atoms with van der Waals surface area (Å²) in [4.78, 5) is 6.06. The SMILES string of the molecule is CCCC(NC(C)c1c(C)cc(C)nc1C)c1cccs1. The van der Waals surface area contributed by atoms with E-state index in [1.54, 1.807) is 0 Å². The number of hydrogen-bond donors (Lipinski definition) is 1. The number of nitrogens with zero attached hydrogens (tertiary/aromatic N) is 1. The Bertz CT molecular complexity index is 552. The fourth-order valence-corrected chi connectivity index (χ4v) is 3.98. The zero-order valence-corrected chi connectivity index (χ0v) is 14.6. The second-order valence-electron chi connectivity index (χ2n) is 5.82. The molecule has 2 heterocycles. The lowest BCUT2D eigenvalue weighted by Crippen LogP contribution is -2.25. The maximum Gasteiger partial charge on any atom is 0.0426 e. The van der Waals surface area contributed by atoms with Gasteiger partial charge < -0.3 is 5.32 Å². The number of rotatable bonds is 6. The minimum absolute atomic E-state index is 0.316. The van der Waals surface area contributed by atoms with E-state index in [2.05, 4.69) is 68.5 Å². The first-order valence-electron chi connectivity index (χ1n) is 7.77. The fourth-order valence-electron chi connectivity index (χ4n) is 3.16. The molecule has 2 aromatic heterocycles. The van der Waals surface area contributed by atoms with E-state index < -0.39 is 0 Å². The third kappa shape index (κ3) is 3.92. The van der Waals surface area contributed by atoms with Crippen molar-refractivity contribution >= 4 is 11.3 Å². The van der Waals surface area contributed by atoms with E-state index in [-0.39, 0.29) is 0 Å². The first-order valence-corrected chi connectivity index (χ1v) is 8.65. The fraction of sp³-hybridized carbons (Fsp3) is 0.500. The highest BCUT2D eigenvalue weighted by Gasteiger charge is 2.18. The zero-order valence-electron chi connectivity index (χ0n) is 13.7. The van der Waals surface area contributed by atoms with Crippen LogP contribution in [0.15, 0.2) is 23.6 Å². The second-order valence-corrected chi connectivity index (χ2v) is 6.80. The van der Waals surface area contributed by atoms with E-state index >= 15 is 0 Å². The highest BCUT2D eigenvalue weighted by atomic mass is 32.1. The smallest absolute Gasteiger partial charge is 0.0426 e. The third-order valence-corrected chi connectivity index (χ3v) is 4.92. The molecule has 0 bridgehead atoms. The van der Waals surface area contributed by atoms with Crippen LogP contribution in [0.5, 0.6) is 0 Å². The van der Waals surface area contributed by atoms with Gasteiger partial charge in [0.2, 0.25) is 0 Å². The number of aromatic nitrogens is 1. The molecule has 114 valence electrons. The minimum atomic E-state index is 0.316. The van der Waals surface area contributed by atoms with Gasteiger partial charge >= 0.3 is 0 Å². The summed E-state index contributed by atoms with van der Waals surface area (Å²) in [5, 5.41) is 5.97. The van der Waals surface area contributed by atoms with Gasteiger partial charge in [0.15, 0.2) is 0 Å². The maximum atomic E-state index is 4.63. The summed E-state index contributed by atoms with van der Waals surface area (Å²) in [6.45, 7) is 10.9. The van der Waals surface area contributed by atoms with Crippen LogP contribution in [0.1, 0.15) is 66.2 Å². The topological polar surface area (TPSA) is 24.9 Å². The number of pyridine rings is 1. The Morgan fingerprint density at radius 3 is 2.62 bits per heavy atom. The van der Waals surface area contributed by atoms with E-state index in [0.717, 1.165) is 11.4 Å². The molecular formula is C18H26N2S. The Kier molecular flexibility index (Phi) is 5.54. The molecule has 0 aliphatic carbocycles. The molecule has 1 N–H and O–H groups in total. The van der Waals surface area contributed by atoms with Gasteiger partial charge in [-0.3, -0.25) is 4.98 Å². The van der Waals surface area contributed by atoms with Gasteiger partial charge in [-0.15, -0.1) is 11.3 Å². The van der Waals surface area contributed by atoms with Crippen molar-refractivity contribution in [1.29, 1.82) is 0 Å². The molecule has 2 nitrogen and oxygen atoms in total. The van der Waals surface area contributed by atoms with E-state index in [9.17, 15) is 0 Å². The van der Waals surface area contributed by atoms with Gasteiger partial charge in [0.25, 0.3) is 0 Å². The van der Waals surface area contributed by atoms with Crippen LogP contribution in [0.4, 0.5) is 0 Å². The molecule has 0 saturated heterocycles. The van der Waals surface area contributed by atoms with Crippen LogP contribution in [-0.4, -0.2) is 4.98 Å². The van der Waals surface area contributed by atoms with Gasteiger partial charge in [-0.1, -0.05) is 19.4 Å². The Labute approximate surface area is 132 Å². The van der Waals surface area contributed by atoms with Crippen LogP contribution in [-0.2, 0) is 0 Å². The Morgan fingerprint density at radius 1 is 1.29 bits per heavy atom. The van der Waals surface area contributed by atoms with Crippen LogP contribution in [0.25, 0.3) is 0 Å². The predicted molar refractivity (Wildman–Crippen MR) is 92.0 cm³/mol.